The molecule has 118 valence electrons. The zero-order valence-corrected chi connectivity index (χ0v) is 16.2. The molecule has 2 N–H and O–H groups in total. The van der Waals surface area contributed by atoms with Gasteiger partial charge in [-0.15, -0.1) is 24.0 Å². The molecule has 21 heavy (non-hydrogen) atoms. The van der Waals surface area contributed by atoms with Crippen LogP contribution >= 0.6 is 47.3 Å². The lowest BCUT2D eigenvalue weighted by Crippen LogP contribution is -2.40. The second-order valence-electron chi connectivity index (χ2n) is 4.84. The second-order valence-corrected chi connectivity index (χ2v) is 6.68. The number of hydrogen-bond donors (Lipinski definition) is 2. The van der Waals surface area contributed by atoms with E-state index in [1.54, 1.807) is 0 Å². The van der Waals surface area contributed by atoms with Gasteiger partial charge in [0.2, 0.25) is 0 Å². The van der Waals surface area contributed by atoms with Gasteiger partial charge in [-0.3, -0.25) is 0 Å². The van der Waals surface area contributed by atoms with Crippen LogP contribution in [-0.2, 0) is 6.54 Å². The van der Waals surface area contributed by atoms with Crippen molar-refractivity contribution in [3.8, 4) is 0 Å². The van der Waals surface area contributed by atoms with Gasteiger partial charge in [-0.2, -0.15) is 11.8 Å². The molecule has 1 aliphatic heterocycles. The van der Waals surface area contributed by atoms with Gasteiger partial charge in [0.15, 0.2) is 5.96 Å². The van der Waals surface area contributed by atoms with Crippen LogP contribution in [0.25, 0.3) is 0 Å². The molecule has 0 amide bonds. The molecule has 0 bridgehead atoms. The van der Waals surface area contributed by atoms with E-state index < -0.39 is 0 Å². The molecule has 1 saturated heterocycles. The minimum Gasteiger partial charge on any atom is -0.357 e. The number of hydrogen-bond acceptors (Lipinski definition) is 2. The SMILES string of the molecule is CCNC(=NCc1ccc(Cl)cc1)NCC1CCCS1.I. The first-order valence-electron chi connectivity index (χ1n) is 7.16. The van der Waals surface area contributed by atoms with Crippen molar-refractivity contribution in [3.63, 3.8) is 0 Å². The van der Waals surface area contributed by atoms with Crippen molar-refractivity contribution in [2.75, 3.05) is 18.8 Å². The highest BCUT2D eigenvalue weighted by Crippen LogP contribution is 2.25. The fraction of sp³-hybridized carbons (Fsp3) is 0.533. The smallest absolute Gasteiger partial charge is 0.191 e. The van der Waals surface area contributed by atoms with Crippen LogP contribution in [0.3, 0.4) is 0 Å². The molecule has 1 unspecified atom stereocenters. The molecule has 1 heterocycles. The number of guanidine groups is 1. The van der Waals surface area contributed by atoms with E-state index in [-0.39, 0.29) is 24.0 Å². The summed E-state index contributed by atoms with van der Waals surface area (Å²) in [6, 6.07) is 7.84. The Kier molecular flexibility index (Phi) is 9.51. The molecule has 1 aliphatic rings. The van der Waals surface area contributed by atoms with Crippen molar-refractivity contribution in [1.29, 1.82) is 0 Å². The standard InChI is InChI=1S/C15H22ClN3S.HI/c1-2-17-15(19-11-14-4-3-9-20-14)18-10-12-5-7-13(16)8-6-12;/h5-8,14H,2-4,9-11H2,1H3,(H2,17,18,19);1H. The van der Waals surface area contributed by atoms with Crippen LogP contribution in [0.5, 0.6) is 0 Å². The summed E-state index contributed by atoms with van der Waals surface area (Å²) in [7, 11) is 0. The molecule has 1 fully saturated rings. The average Bonchev–Trinajstić information content (AvgIpc) is 2.97. The topological polar surface area (TPSA) is 36.4 Å². The van der Waals surface area contributed by atoms with Crippen molar-refractivity contribution >= 4 is 53.3 Å². The second kappa shape index (κ2) is 10.6. The summed E-state index contributed by atoms with van der Waals surface area (Å²) in [5.74, 6) is 2.19. The zero-order chi connectivity index (χ0) is 14.2. The number of rotatable bonds is 5. The maximum absolute atomic E-state index is 5.88. The van der Waals surface area contributed by atoms with Crippen LogP contribution < -0.4 is 10.6 Å². The van der Waals surface area contributed by atoms with Crippen molar-refractivity contribution in [3.05, 3.63) is 34.9 Å². The first-order chi connectivity index (χ1) is 9.78. The number of nitrogens with one attached hydrogen (secondary N) is 2. The number of nitrogens with zero attached hydrogens (tertiary/aromatic N) is 1. The maximum atomic E-state index is 5.88. The summed E-state index contributed by atoms with van der Waals surface area (Å²) in [4.78, 5) is 4.62. The fourth-order valence-electron chi connectivity index (χ4n) is 2.12. The molecule has 1 aromatic carbocycles. The predicted molar refractivity (Wildman–Crippen MR) is 105 cm³/mol. The molecule has 3 nitrogen and oxygen atoms in total. The lowest BCUT2D eigenvalue weighted by atomic mass is 10.2. The predicted octanol–water partition coefficient (Wildman–Crippen LogP) is 3.91. The molecule has 0 saturated carbocycles. The van der Waals surface area contributed by atoms with Gasteiger partial charge < -0.3 is 10.6 Å². The number of halogens is 2. The Morgan fingerprint density at radius 2 is 2.10 bits per heavy atom. The summed E-state index contributed by atoms with van der Waals surface area (Å²) >= 11 is 7.94. The van der Waals surface area contributed by atoms with Gasteiger partial charge in [0.05, 0.1) is 6.54 Å². The van der Waals surface area contributed by atoms with Crippen molar-refractivity contribution in [1.82, 2.24) is 10.6 Å². The van der Waals surface area contributed by atoms with Crippen LogP contribution in [0, 0.1) is 0 Å². The first kappa shape index (κ1) is 18.9. The summed E-state index contributed by atoms with van der Waals surface area (Å²) in [6.07, 6.45) is 2.66. The minimum atomic E-state index is 0. The molecule has 2 rings (SSSR count). The van der Waals surface area contributed by atoms with Gasteiger partial charge in [-0.1, -0.05) is 23.7 Å². The Morgan fingerprint density at radius 3 is 2.71 bits per heavy atom. The Morgan fingerprint density at radius 1 is 1.33 bits per heavy atom. The minimum absolute atomic E-state index is 0. The van der Waals surface area contributed by atoms with Crippen LogP contribution in [0.2, 0.25) is 5.02 Å². The molecule has 0 radical (unpaired) electrons. The molecule has 1 aromatic rings. The number of benzene rings is 1. The van der Waals surface area contributed by atoms with E-state index >= 15 is 0 Å². The molecule has 6 heteroatoms. The quantitative estimate of drug-likeness (QED) is 0.415. The van der Waals surface area contributed by atoms with Crippen LogP contribution in [-0.4, -0.2) is 30.1 Å². The van der Waals surface area contributed by atoms with Gasteiger partial charge in [0, 0.05) is 23.4 Å². The summed E-state index contributed by atoms with van der Waals surface area (Å²) in [6.45, 7) is 4.63. The van der Waals surface area contributed by atoms with Gasteiger partial charge >= 0.3 is 0 Å². The Hall–Kier alpha value is -0.140. The van der Waals surface area contributed by atoms with E-state index in [0.717, 1.165) is 29.3 Å². The van der Waals surface area contributed by atoms with Gasteiger partial charge in [-0.25, -0.2) is 4.99 Å². The molecule has 1 atom stereocenters. The zero-order valence-electron chi connectivity index (χ0n) is 12.3. The van der Waals surface area contributed by atoms with E-state index in [4.69, 9.17) is 11.6 Å². The molecular weight excluding hydrogens is 417 g/mol. The number of thioether (sulfide) groups is 1. The van der Waals surface area contributed by atoms with E-state index in [1.165, 1.54) is 24.2 Å². The Balaban J connectivity index is 0.00000220. The molecule has 0 aromatic heterocycles. The summed E-state index contributed by atoms with van der Waals surface area (Å²) < 4.78 is 0. The van der Waals surface area contributed by atoms with Crippen LogP contribution in [0.4, 0.5) is 0 Å². The summed E-state index contributed by atoms with van der Waals surface area (Å²) in [5, 5.41) is 8.22. The van der Waals surface area contributed by atoms with E-state index in [0.29, 0.717) is 6.54 Å². The Labute approximate surface area is 153 Å². The maximum Gasteiger partial charge on any atom is 0.191 e. The third kappa shape index (κ3) is 7.10. The van der Waals surface area contributed by atoms with Crippen molar-refractivity contribution in [2.24, 2.45) is 4.99 Å². The molecule has 0 aliphatic carbocycles. The normalized spacial score (nSPS) is 18.2. The van der Waals surface area contributed by atoms with Crippen LogP contribution in [0.1, 0.15) is 25.3 Å². The Bertz CT molecular complexity index is 433. The molecule has 0 spiro atoms. The fourth-order valence-corrected chi connectivity index (χ4v) is 3.44. The molecular formula is C15H23ClIN3S. The largest absolute Gasteiger partial charge is 0.357 e. The van der Waals surface area contributed by atoms with Crippen molar-refractivity contribution in [2.45, 2.75) is 31.6 Å². The third-order valence-corrected chi connectivity index (χ3v) is 4.85. The first-order valence-corrected chi connectivity index (χ1v) is 8.59. The van der Waals surface area contributed by atoms with Gasteiger partial charge in [0.25, 0.3) is 0 Å². The average molecular weight is 440 g/mol. The highest BCUT2D eigenvalue weighted by Gasteiger charge is 2.15. The van der Waals surface area contributed by atoms with E-state index in [9.17, 15) is 0 Å². The lowest BCUT2D eigenvalue weighted by molar-refractivity contribution is 0.727. The van der Waals surface area contributed by atoms with Gasteiger partial charge in [0.1, 0.15) is 0 Å². The monoisotopic (exact) mass is 439 g/mol. The highest BCUT2D eigenvalue weighted by molar-refractivity contribution is 14.0. The van der Waals surface area contributed by atoms with E-state index in [2.05, 4.69) is 34.3 Å². The lowest BCUT2D eigenvalue weighted by Gasteiger charge is -2.14. The highest BCUT2D eigenvalue weighted by atomic mass is 127. The number of aliphatic imine (C=N–C) groups is 1. The van der Waals surface area contributed by atoms with Crippen molar-refractivity contribution < 1.29 is 0 Å². The van der Waals surface area contributed by atoms with Gasteiger partial charge in [-0.05, 0) is 43.2 Å². The summed E-state index contributed by atoms with van der Waals surface area (Å²) in [5.41, 5.74) is 1.17. The van der Waals surface area contributed by atoms with Crippen LogP contribution in [0.15, 0.2) is 29.3 Å². The van der Waals surface area contributed by atoms with E-state index in [1.807, 2.05) is 24.3 Å². The third-order valence-electron chi connectivity index (χ3n) is 3.20.